The predicted molar refractivity (Wildman–Crippen MR) is 195 cm³/mol. The minimum Gasteiger partial charge on any atom is -0.456 e. The molecule has 0 saturated carbocycles. The zero-order valence-corrected chi connectivity index (χ0v) is 25.6. The molecule has 2 heterocycles. The lowest BCUT2D eigenvalue weighted by atomic mass is 9.96. The molecule has 9 rings (SSSR count). The number of nitrogens with zero attached hydrogens (tertiary/aromatic N) is 1. The van der Waals surface area contributed by atoms with E-state index in [4.69, 9.17) is 9.41 Å². The number of hydrogen-bond acceptors (Lipinski definition) is 3. The molecular weight excluding hydrogens is 572 g/mol. The first-order valence-electron chi connectivity index (χ1n) is 16.0. The lowest BCUT2D eigenvalue weighted by molar-refractivity contribution is 0.664. The summed E-state index contributed by atoms with van der Waals surface area (Å²) in [5.41, 5.74) is 11.8. The standard InChI is InChI=1S/C44H30N2O/c1-2-10-34(11-3-1)44-45-39(32-22-17-30(18-23-32)36-26-19-29-9-4-5-12-35(29)27-36)28-40(46-44)33-24-20-31(21-25-33)37-14-8-16-42-43(37)38-13-6-7-15-41(38)47-42/h1-28,44-45H. The Morgan fingerprint density at radius 3 is 2.00 bits per heavy atom. The molecule has 222 valence electrons. The summed E-state index contributed by atoms with van der Waals surface area (Å²) in [6.07, 6.45) is 1.97. The van der Waals surface area contributed by atoms with Gasteiger partial charge in [-0.2, -0.15) is 0 Å². The van der Waals surface area contributed by atoms with Gasteiger partial charge in [-0.1, -0.05) is 146 Å². The summed E-state index contributed by atoms with van der Waals surface area (Å²) in [4.78, 5) is 5.19. The molecule has 1 unspecified atom stereocenters. The Labute approximate surface area is 273 Å². The molecule has 0 aliphatic carbocycles. The summed E-state index contributed by atoms with van der Waals surface area (Å²) in [5, 5.41) is 8.49. The maximum absolute atomic E-state index is 6.16. The maximum Gasteiger partial charge on any atom is 0.145 e. The fourth-order valence-corrected chi connectivity index (χ4v) is 6.70. The van der Waals surface area contributed by atoms with E-state index in [0.29, 0.717) is 0 Å². The zero-order chi connectivity index (χ0) is 31.2. The van der Waals surface area contributed by atoms with Gasteiger partial charge in [-0.05, 0) is 74.0 Å². The predicted octanol–water partition coefficient (Wildman–Crippen LogP) is 11.2. The quantitative estimate of drug-likeness (QED) is 0.213. The summed E-state index contributed by atoms with van der Waals surface area (Å²) < 4.78 is 6.16. The second kappa shape index (κ2) is 11.3. The van der Waals surface area contributed by atoms with Gasteiger partial charge in [0.2, 0.25) is 0 Å². The molecule has 0 saturated heterocycles. The topological polar surface area (TPSA) is 37.5 Å². The van der Waals surface area contributed by atoms with Gasteiger partial charge in [0.1, 0.15) is 17.3 Å². The Morgan fingerprint density at radius 2 is 1.15 bits per heavy atom. The summed E-state index contributed by atoms with van der Waals surface area (Å²) in [6, 6.07) is 57.7. The van der Waals surface area contributed by atoms with E-state index in [1.807, 2.05) is 24.3 Å². The first-order valence-corrected chi connectivity index (χ1v) is 16.0. The molecule has 0 amide bonds. The number of aliphatic imine (C=N–C) groups is 1. The molecule has 0 bridgehead atoms. The van der Waals surface area contributed by atoms with Gasteiger partial charge in [0.15, 0.2) is 0 Å². The summed E-state index contributed by atoms with van der Waals surface area (Å²) in [5.74, 6) is 0. The molecule has 1 aliphatic heterocycles. The SMILES string of the molecule is C1=C(c2ccc(-c3ccc4ccccc4c3)cc2)NC(c2ccccc2)N=C1c1ccc(-c2cccc3oc4ccccc4c23)cc1. The van der Waals surface area contributed by atoms with Crippen molar-refractivity contribution in [2.75, 3.05) is 0 Å². The third-order valence-electron chi connectivity index (χ3n) is 9.13. The highest BCUT2D eigenvalue weighted by Crippen LogP contribution is 2.37. The first kappa shape index (κ1) is 27.1. The van der Waals surface area contributed by atoms with Crippen molar-refractivity contribution in [2.24, 2.45) is 4.99 Å². The molecule has 47 heavy (non-hydrogen) atoms. The lowest BCUT2D eigenvalue weighted by Crippen LogP contribution is -2.24. The Bertz CT molecular complexity index is 2470. The molecule has 3 nitrogen and oxygen atoms in total. The third kappa shape index (κ3) is 4.99. The Hall–Kier alpha value is -6.19. The molecule has 1 aromatic heterocycles. The number of nitrogens with one attached hydrogen (secondary N) is 1. The fourth-order valence-electron chi connectivity index (χ4n) is 6.70. The van der Waals surface area contributed by atoms with Crippen LogP contribution in [-0.4, -0.2) is 5.71 Å². The number of allylic oxidation sites excluding steroid dienone is 1. The van der Waals surface area contributed by atoms with E-state index in [1.54, 1.807) is 0 Å². The second-order valence-electron chi connectivity index (χ2n) is 12.0. The van der Waals surface area contributed by atoms with Gasteiger partial charge < -0.3 is 9.73 Å². The number of benzene rings is 7. The second-order valence-corrected chi connectivity index (χ2v) is 12.0. The van der Waals surface area contributed by atoms with Crippen molar-refractivity contribution in [2.45, 2.75) is 6.17 Å². The van der Waals surface area contributed by atoms with Crippen molar-refractivity contribution in [3.05, 3.63) is 187 Å². The van der Waals surface area contributed by atoms with Crippen molar-refractivity contribution in [3.8, 4) is 22.3 Å². The van der Waals surface area contributed by atoms with E-state index in [9.17, 15) is 0 Å². The monoisotopic (exact) mass is 602 g/mol. The minimum absolute atomic E-state index is 0.197. The maximum atomic E-state index is 6.16. The summed E-state index contributed by atoms with van der Waals surface area (Å²) >= 11 is 0. The number of fused-ring (bicyclic) bond motifs is 4. The van der Waals surface area contributed by atoms with Crippen LogP contribution >= 0.6 is 0 Å². The van der Waals surface area contributed by atoms with Crippen molar-refractivity contribution < 1.29 is 4.42 Å². The molecule has 1 atom stereocenters. The van der Waals surface area contributed by atoms with Crippen LogP contribution in [0.2, 0.25) is 0 Å². The Kier molecular flexibility index (Phi) is 6.53. The van der Waals surface area contributed by atoms with E-state index < -0.39 is 0 Å². The van der Waals surface area contributed by atoms with Crippen LogP contribution < -0.4 is 5.32 Å². The number of hydrogen-bond donors (Lipinski definition) is 1. The molecule has 1 N–H and O–H groups in total. The van der Waals surface area contributed by atoms with Crippen LogP contribution in [0.3, 0.4) is 0 Å². The van der Waals surface area contributed by atoms with Crippen LogP contribution in [0.25, 0.3) is 60.7 Å². The van der Waals surface area contributed by atoms with Gasteiger partial charge in [-0.25, -0.2) is 0 Å². The average molecular weight is 603 g/mol. The van der Waals surface area contributed by atoms with Crippen molar-refractivity contribution >= 4 is 44.1 Å². The first-order chi connectivity index (χ1) is 23.3. The van der Waals surface area contributed by atoms with Gasteiger partial charge >= 0.3 is 0 Å². The number of para-hydroxylation sites is 1. The average Bonchev–Trinajstić information content (AvgIpc) is 3.54. The molecular formula is C44H30N2O. The fraction of sp³-hybridized carbons (Fsp3) is 0.0227. The highest BCUT2D eigenvalue weighted by molar-refractivity contribution is 6.14. The van der Waals surface area contributed by atoms with Crippen LogP contribution in [0.1, 0.15) is 22.9 Å². The van der Waals surface area contributed by atoms with Crippen LogP contribution in [0.15, 0.2) is 179 Å². The van der Waals surface area contributed by atoms with Crippen LogP contribution in [0.5, 0.6) is 0 Å². The largest absolute Gasteiger partial charge is 0.456 e. The van der Waals surface area contributed by atoms with E-state index in [-0.39, 0.29) is 6.17 Å². The molecule has 0 spiro atoms. The van der Waals surface area contributed by atoms with Gasteiger partial charge in [0.25, 0.3) is 0 Å². The Balaban J connectivity index is 1.07. The van der Waals surface area contributed by atoms with Crippen molar-refractivity contribution in [3.63, 3.8) is 0 Å². The zero-order valence-electron chi connectivity index (χ0n) is 25.6. The number of furan rings is 1. The van der Waals surface area contributed by atoms with Gasteiger partial charge in [0.05, 0.1) is 5.71 Å². The van der Waals surface area contributed by atoms with Crippen LogP contribution in [0.4, 0.5) is 0 Å². The summed E-state index contributed by atoms with van der Waals surface area (Å²) in [7, 11) is 0. The Morgan fingerprint density at radius 1 is 0.489 bits per heavy atom. The number of rotatable bonds is 5. The minimum atomic E-state index is -0.197. The van der Waals surface area contributed by atoms with Gasteiger partial charge in [-0.3, -0.25) is 4.99 Å². The van der Waals surface area contributed by atoms with Gasteiger partial charge in [0, 0.05) is 16.5 Å². The van der Waals surface area contributed by atoms with Crippen molar-refractivity contribution in [1.29, 1.82) is 0 Å². The molecule has 3 heteroatoms. The molecule has 1 aliphatic rings. The highest BCUT2D eigenvalue weighted by Gasteiger charge is 2.20. The van der Waals surface area contributed by atoms with E-state index in [1.165, 1.54) is 21.9 Å². The van der Waals surface area contributed by atoms with Crippen LogP contribution in [-0.2, 0) is 0 Å². The van der Waals surface area contributed by atoms with E-state index in [0.717, 1.165) is 61.2 Å². The van der Waals surface area contributed by atoms with E-state index in [2.05, 4.69) is 151 Å². The smallest absolute Gasteiger partial charge is 0.145 e. The van der Waals surface area contributed by atoms with Gasteiger partial charge in [-0.15, -0.1) is 0 Å². The molecule has 0 fully saturated rings. The molecule has 0 radical (unpaired) electrons. The third-order valence-corrected chi connectivity index (χ3v) is 9.13. The van der Waals surface area contributed by atoms with E-state index >= 15 is 0 Å². The van der Waals surface area contributed by atoms with Crippen LogP contribution in [0, 0.1) is 0 Å². The summed E-state index contributed by atoms with van der Waals surface area (Å²) in [6.45, 7) is 0. The normalized spacial score (nSPS) is 14.6. The lowest BCUT2D eigenvalue weighted by Gasteiger charge is -2.25. The molecule has 8 aromatic rings. The molecule has 7 aromatic carbocycles. The van der Waals surface area contributed by atoms with Crippen molar-refractivity contribution in [1.82, 2.24) is 5.32 Å². The highest BCUT2D eigenvalue weighted by atomic mass is 16.3.